The number of amides is 4. The Morgan fingerprint density at radius 2 is 1.31 bits per heavy atom. The van der Waals surface area contributed by atoms with Crippen LogP contribution < -0.4 is 21.7 Å². The number of nitrogens with two attached hydrogens (primary N) is 1. The molecule has 17 nitrogen and oxygen atoms in total. The van der Waals surface area contributed by atoms with Crippen LogP contribution in [0.25, 0.3) is 22.1 Å². The van der Waals surface area contributed by atoms with Crippen molar-refractivity contribution in [3.8, 4) is 0 Å². The van der Waals surface area contributed by atoms with Crippen LogP contribution in [-0.4, -0.2) is 87.8 Å². The molecule has 0 atom stereocenters. The number of imidazole rings is 2. The average Bonchev–Trinajstić information content (AvgIpc) is 3.88. The minimum atomic E-state index is -0.579. The maximum Gasteiger partial charge on any atom is 0.276 e. The monoisotopic (exact) mass is 735 g/mol. The van der Waals surface area contributed by atoms with Crippen molar-refractivity contribution in [2.75, 3.05) is 36.6 Å². The zero-order valence-electron chi connectivity index (χ0n) is 31.3. The number of carbonyl (C=O) groups excluding carboxylic acids is 4. The van der Waals surface area contributed by atoms with E-state index in [1.54, 1.807) is 50.7 Å². The van der Waals surface area contributed by atoms with Crippen molar-refractivity contribution in [1.29, 1.82) is 0 Å². The quantitative estimate of drug-likeness (QED) is 0.112. The van der Waals surface area contributed by atoms with Crippen molar-refractivity contribution in [2.24, 2.45) is 5.73 Å². The third kappa shape index (κ3) is 7.85. The van der Waals surface area contributed by atoms with Crippen LogP contribution in [0.3, 0.4) is 0 Å². The van der Waals surface area contributed by atoms with Crippen molar-refractivity contribution in [3.63, 3.8) is 0 Å². The molecule has 0 fully saturated rings. The first-order valence-electron chi connectivity index (χ1n) is 17.8. The van der Waals surface area contributed by atoms with E-state index in [4.69, 9.17) is 10.7 Å². The van der Waals surface area contributed by atoms with Gasteiger partial charge in [0.15, 0.2) is 0 Å². The first-order chi connectivity index (χ1) is 25.9. The van der Waals surface area contributed by atoms with Crippen LogP contribution in [-0.2, 0) is 31.0 Å². The van der Waals surface area contributed by atoms with Crippen molar-refractivity contribution >= 4 is 63.3 Å². The van der Waals surface area contributed by atoms with E-state index in [0.717, 1.165) is 22.4 Å². The number of nitrogens with zero attached hydrogens (tertiary/aromatic N) is 9. The molecule has 54 heavy (non-hydrogen) atoms. The number of carbonyl (C=O) groups is 4. The number of unbranched alkanes of at least 4 members (excludes halogenated alkanes) is 1. The first kappa shape index (κ1) is 37.4. The van der Waals surface area contributed by atoms with Gasteiger partial charge in [0.05, 0.1) is 40.2 Å². The van der Waals surface area contributed by atoms with Crippen LogP contribution in [0.2, 0.25) is 0 Å². The van der Waals surface area contributed by atoms with Gasteiger partial charge in [0.25, 0.3) is 11.8 Å². The Kier molecular flexibility index (Phi) is 10.9. The van der Waals surface area contributed by atoms with Crippen molar-refractivity contribution in [3.05, 3.63) is 76.9 Å². The number of nitrogens with one attached hydrogen (secondary N) is 3. The molecule has 4 amide bonds. The number of aromatic nitrogens is 8. The van der Waals surface area contributed by atoms with E-state index < -0.39 is 5.91 Å². The lowest BCUT2D eigenvalue weighted by Crippen LogP contribution is -2.27. The minimum absolute atomic E-state index is 0.192. The van der Waals surface area contributed by atoms with E-state index in [1.807, 2.05) is 63.1 Å². The smallest absolute Gasteiger partial charge is 0.276 e. The number of likely N-dealkylation sites (N-methyl/N-ethyl adjacent to an activating group) is 1. The third-order valence-corrected chi connectivity index (χ3v) is 8.88. The summed E-state index contributed by atoms with van der Waals surface area (Å²) in [5, 5.41) is 17.7. The molecule has 0 aliphatic carbocycles. The fourth-order valence-corrected chi connectivity index (χ4v) is 6.46. The standard InChI is InChI=1S/C37H45N13O4/c1-7-49-29(18-22(3)44-49)34(53)42-36-40-26-20-24(33(38)52)14-15-27(26)47(36)16-9-10-17-48-28-13-11-12-25(39-31(51)21-46(5)6)32(28)41-37(48)43-35(54)30-19-23(4)45-50(30)8-2/h11-15,18-20H,7-10,16-17,21H2,1-6H3,(H2,38,52)(H,39,51)(H,40,42,53)(H,41,43,54). The number of hydrogen-bond donors (Lipinski definition) is 4. The number of anilines is 3. The molecule has 17 heteroatoms. The van der Waals surface area contributed by atoms with Gasteiger partial charge < -0.3 is 25.1 Å². The summed E-state index contributed by atoms with van der Waals surface area (Å²) in [6.45, 7) is 9.64. The highest BCUT2D eigenvalue weighted by Gasteiger charge is 2.22. The van der Waals surface area contributed by atoms with Crippen LogP contribution >= 0.6 is 0 Å². The zero-order chi connectivity index (χ0) is 38.7. The van der Waals surface area contributed by atoms with E-state index in [1.165, 1.54) is 0 Å². The molecular weight excluding hydrogens is 690 g/mol. The number of hydrogen-bond acceptors (Lipinski definition) is 9. The molecule has 282 valence electrons. The second-order valence-corrected chi connectivity index (χ2v) is 13.3. The highest BCUT2D eigenvalue weighted by atomic mass is 16.2. The van der Waals surface area contributed by atoms with Crippen molar-refractivity contribution in [1.82, 2.24) is 43.6 Å². The Morgan fingerprint density at radius 1 is 0.741 bits per heavy atom. The van der Waals surface area contributed by atoms with Crippen LogP contribution in [0.5, 0.6) is 0 Å². The molecule has 0 aliphatic rings. The van der Waals surface area contributed by atoms with Gasteiger partial charge in [-0.3, -0.25) is 39.2 Å². The Hall–Kier alpha value is -6.36. The van der Waals surface area contributed by atoms with Crippen LogP contribution in [0.15, 0.2) is 48.5 Å². The maximum absolute atomic E-state index is 13.6. The van der Waals surface area contributed by atoms with Gasteiger partial charge in [-0.25, -0.2) is 9.97 Å². The summed E-state index contributed by atoms with van der Waals surface area (Å²) >= 11 is 0. The number of para-hydroxylation sites is 1. The van der Waals surface area contributed by atoms with Crippen molar-refractivity contribution < 1.29 is 19.2 Å². The molecule has 0 aliphatic heterocycles. The lowest BCUT2D eigenvalue weighted by atomic mass is 10.2. The minimum Gasteiger partial charge on any atom is -0.366 e. The van der Waals surface area contributed by atoms with Gasteiger partial charge in [-0.2, -0.15) is 10.2 Å². The molecule has 6 aromatic rings. The molecule has 2 aromatic carbocycles. The van der Waals surface area contributed by atoms with Gasteiger partial charge in [0.2, 0.25) is 23.7 Å². The highest BCUT2D eigenvalue weighted by molar-refractivity contribution is 6.05. The normalized spacial score (nSPS) is 11.5. The fraction of sp³-hybridized carbons (Fsp3) is 0.351. The topological polar surface area (TPSA) is 205 Å². The number of rotatable bonds is 15. The van der Waals surface area contributed by atoms with Gasteiger partial charge in [-0.15, -0.1) is 0 Å². The Labute approximate surface area is 311 Å². The second-order valence-electron chi connectivity index (χ2n) is 13.3. The first-order valence-corrected chi connectivity index (χ1v) is 17.8. The SMILES string of the molecule is CCn1nc(C)cc1C(=O)Nc1nc2cc(C(N)=O)ccc2n1CCCCn1c(NC(=O)c2cc(C)nn2CC)nc2c(NC(=O)CN(C)C)cccc21. The van der Waals surface area contributed by atoms with Crippen LogP contribution in [0.4, 0.5) is 17.6 Å². The summed E-state index contributed by atoms with van der Waals surface area (Å²) < 4.78 is 7.10. The van der Waals surface area contributed by atoms with Crippen molar-refractivity contribution in [2.45, 2.75) is 66.7 Å². The molecule has 5 N–H and O–H groups in total. The van der Waals surface area contributed by atoms with Gasteiger partial charge >= 0.3 is 0 Å². The van der Waals surface area contributed by atoms with E-state index >= 15 is 0 Å². The number of primary amides is 1. The molecule has 0 bridgehead atoms. The van der Waals surface area contributed by atoms with Gasteiger partial charge in [0, 0.05) is 31.7 Å². The van der Waals surface area contributed by atoms with Gasteiger partial charge in [-0.05, 0) is 97.1 Å². The molecule has 0 radical (unpaired) electrons. The summed E-state index contributed by atoms with van der Waals surface area (Å²) in [5.74, 6) is -0.837. The molecule has 4 aromatic heterocycles. The third-order valence-electron chi connectivity index (χ3n) is 8.88. The summed E-state index contributed by atoms with van der Waals surface area (Å²) in [5.41, 5.74) is 11.2. The largest absolute Gasteiger partial charge is 0.366 e. The summed E-state index contributed by atoms with van der Waals surface area (Å²) in [6.07, 6.45) is 1.26. The van der Waals surface area contributed by atoms with E-state index in [2.05, 4.69) is 31.1 Å². The van der Waals surface area contributed by atoms with Gasteiger partial charge in [-0.1, -0.05) is 6.07 Å². The number of fused-ring (bicyclic) bond motifs is 2. The highest BCUT2D eigenvalue weighted by Crippen LogP contribution is 2.28. The number of aryl methyl sites for hydroxylation is 6. The molecule has 0 unspecified atom stereocenters. The predicted molar refractivity (Wildman–Crippen MR) is 206 cm³/mol. The molecular formula is C37H45N13O4. The lowest BCUT2D eigenvalue weighted by molar-refractivity contribution is -0.116. The molecule has 4 heterocycles. The summed E-state index contributed by atoms with van der Waals surface area (Å²) in [4.78, 5) is 63.0. The van der Waals surface area contributed by atoms with E-state index in [0.29, 0.717) is 84.6 Å². The second kappa shape index (κ2) is 15.7. The Bertz CT molecular complexity index is 2380. The summed E-state index contributed by atoms with van der Waals surface area (Å²) in [6, 6.07) is 14.0. The van der Waals surface area contributed by atoms with Crippen LogP contribution in [0, 0.1) is 13.8 Å². The molecule has 0 spiro atoms. The predicted octanol–water partition coefficient (Wildman–Crippen LogP) is 4.02. The molecule has 6 rings (SSSR count). The average molecular weight is 736 g/mol. The maximum atomic E-state index is 13.6. The molecule has 0 saturated heterocycles. The van der Waals surface area contributed by atoms with E-state index in [-0.39, 0.29) is 24.3 Å². The fourth-order valence-electron chi connectivity index (χ4n) is 6.46. The van der Waals surface area contributed by atoms with Gasteiger partial charge in [0.1, 0.15) is 16.9 Å². The van der Waals surface area contributed by atoms with E-state index in [9.17, 15) is 19.2 Å². The lowest BCUT2D eigenvalue weighted by Gasteiger charge is -2.13. The zero-order valence-corrected chi connectivity index (χ0v) is 31.3. The number of benzene rings is 2. The van der Waals surface area contributed by atoms with Crippen LogP contribution in [0.1, 0.15) is 69.4 Å². The summed E-state index contributed by atoms with van der Waals surface area (Å²) in [7, 11) is 3.63. The Balaban J connectivity index is 1.29. The molecule has 0 saturated carbocycles. The Morgan fingerprint density at radius 3 is 1.87 bits per heavy atom.